The van der Waals surface area contributed by atoms with Gasteiger partial charge in [-0.25, -0.2) is 0 Å². The summed E-state index contributed by atoms with van der Waals surface area (Å²) < 4.78 is 0. The Kier molecular flexibility index (Phi) is 5.22. The highest BCUT2D eigenvalue weighted by atomic mass is 16.4. The van der Waals surface area contributed by atoms with Crippen molar-refractivity contribution in [3.8, 4) is 0 Å². The zero-order valence-corrected chi connectivity index (χ0v) is 18.3. The van der Waals surface area contributed by atoms with Crippen molar-refractivity contribution in [2.45, 2.75) is 65.7 Å². The van der Waals surface area contributed by atoms with Crippen molar-refractivity contribution in [1.82, 2.24) is 0 Å². The number of ketones is 1. The minimum atomic E-state index is -1.32. The fraction of sp³-hybridized carbons (Fsp3) is 0.720. The molecule has 2 saturated carbocycles. The molecule has 2 fully saturated rings. The van der Waals surface area contributed by atoms with Crippen LogP contribution in [0.5, 0.6) is 0 Å². The molecule has 0 radical (unpaired) electrons. The summed E-state index contributed by atoms with van der Waals surface area (Å²) in [6, 6.07) is 0. The number of rotatable bonds is 5. The predicted molar refractivity (Wildman–Crippen MR) is 113 cm³/mol. The lowest BCUT2D eigenvalue weighted by molar-refractivity contribution is -0.155. The van der Waals surface area contributed by atoms with Gasteiger partial charge in [0.1, 0.15) is 0 Å². The molecule has 5 heteroatoms. The molecule has 30 heavy (non-hydrogen) atoms. The first kappa shape index (κ1) is 21.3. The van der Waals surface area contributed by atoms with Gasteiger partial charge in [0.25, 0.3) is 0 Å². The Balaban J connectivity index is 1.58. The van der Waals surface area contributed by atoms with Gasteiger partial charge in [-0.15, -0.1) is 0 Å². The van der Waals surface area contributed by atoms with Crippen LogP contribution in [-0.2, 0) is 14.4 Å². The Morgan fingerprint density at radius 2 is 1.80 bits per heavy atom. The molecule has 4 rings (SSSR count). The van der Waals surface area contributed by atoms with Crippen LogP contribution in [0.1, 0.15) is 65.7 Å². The number of carbonyl (C=O) groups excluding carboxylic acids is 1. The highest BCUT2D eigenvalue weighted by molar-refractivity contribution is 5.93. The van der Waals surface area contributed by atoms with Crippen LogP contribution >= 0.6 is 0 Å². The quantitative estimate of drug-likeness (QED) is 0.635. The predicted octanol–water partition coefficient (Wildman–Crippen LogP) is 4.72. The van der Waals surface area contributed by atoms with E-state index < -0.39 is 17.9 Å². The van der Waals surface area contributed by atoms with Crippen LogP contribution in [0.15, 0.2) is 23.8 Å². The smallest absolute Gasteiger partial charge is 0.317 e. The van der Waals surface area contributed by atoms with Crippen molar-refractivity contribution >= 4 is 17.7 Å². The van der Waals surface area contributed by atoms with E-state index in [1.54, 1.807) is 0 Å². The molecule has 4 aliphatic carbocycles. The first-order valence-corrected chi connectivity index (χ1v) is 11.5. The number of fused-ring (bicyclic) bond motifs is 5. The summed E-state index contributed by atoms with van der Waals surface area (Å²) in [7, 11) is 0. The first-order chi connectivity index (χ1) is 14.1. The van der Waals surface area contributed by atoms with E-state index in [1.807, 2.05) is 6.08 Å². The van der Waals surface area contributed by atoms with Gasteiger partial charge in [-0.2, -0.15) is 0 Å². The molecule has 4 aliphatic rings. The highest BCUT2D eigenvalue weighted by Gasteiger charge is 2.58. The van der Waals surface area contributed by atoms with Gasteiger partial charge in [-0.3, -0.25) is 14.4 Å². The number of allylic oxidation sites excluding steroid dienone is 4. The number of carboxylic acids is 2. The third-order valence-corrected chi connectivity index (χ3v) is 9.48. The normalized spacial score (nSPS) is 40.9. The zero-order valence-electron chi connectivity index (χ0n) is 18.3. The van der Waals surface area contributed by atoms with Crippen molar-refractivity contribution in [2.24, 2.45) is 46.3 Å². The lowest BCUT2D eigenvalue weighted by Gasteiger charge is -2.56. The maximum Gasteiger partial charge on any atom is 0.317 e. The average Bonchev–Trinajstić information content (AvgIpc) is 3.03. The summed E-state index contributed by atoms with van der Waals surface area (Å²) in [6.07, 6.45) is 12.6. The molecule has 2 N–H and O–H groups in total. The summed E-state index contributed by atoms with van der Waals surface area (Å²) in [5.74, 6) is -1.52. The fourth-order valence-electron chi connectivity index (χ4n) is 7.82. The third-order valence-electron chi connectivity index (χ3n) is 9.48. The van der Waals surface area contributed by atoms with Crippen molar-refractivity contribution in [3.63, 3.8) is 0 Å². The van der Waals surface area contributed by atoms with Crippen LogP contribution in [0.2, 0.25) is 0 Å². The molecule has 0 spiro atoms. The lowest BCUT2D eigenvalue weighted by Crippen LogP contribution is -2.49. The van der Waals surface area contributed by atoms with Gasteiger partial charge in [0.15, 0.2) is 11.7 Å². The van der Waals surface area contributed by atoms with Crippen LogP contribution in [-0.4, -0.2) is 27.9 Å². The second-order valence-electron chi connectivity index (χ2n) is 10.8. The Morgan fingerprint density at radius 1 is 1.10 bits per heavy atom. The number of aliphatic carboxylic acids is 2. The third kappa shape index (κ3) is 3.16. The van der Waals surface area contributed by atoms with Crippen LogP contribution in [0.25, 0.3) is 0 Å². The molecule has 0 bridgehead atoms. The second kappa shape index (κ2) is 7.35. The van der Waals surface area contributed by atoms with E-state index in [2.05, 4.69) is 32.9 Å². The van der Waals surface area contributed by atoms with E-state index in [0.29, 0.717) is 30.1 Å². The fourth-order valence-corrected chi connectivity index (χ4v) is 7.82. The van der Waals surface area contributed by atoms with Gasteiger partial charge in [0, 0.05) is 6.42 Å². The SMILES string of the molecule is C[C@H](CC(C(=O)O)C(=O)O)[C@H]1CC[C@H]2[C@@H]3C=CC4=CC(=O)CC[C@]4(C)[C@H]3CC[C@]12C. The summed E-state index contributed by atoms with van der Waals surface area (Å²) >= 11 is 0. The molecule has 0 unspecified atom stereocenters. The Morgan fingerprint density at radius 3 is 2.47 bits per heavy atom. The molecule has 7 atom stereocenters. The van der Waals surface area contributed by atoms with Gasteiger partial charge in [-0.05, 0) is 90.6 Å². The van der Waals surface area contributed by atoms with Gasteiger partial charge in [0.05, 0.1) is 0 Å². The molecule has 0 aliphatic heterocycles. The number of carbonyl (C=O) groups is 3. The van der Waals surface area contributed by atoms with E-state index in [0.717, 1.165) is 32.1 Å². The maximum atomic E-state index is 12.0. The summed E-state index contributed by atoms with van der Waals surface area (Å²) in [4.78, 5) is 34.8. The highest BCUT2D eigenvalue weighted by Crippen LogP contribution is 2.66. The van der Waals surface area contributed by atoms with Gasteiger partial charge >= 0.3 is 11.9 Å². The van der Waals surface area contributed by atoms with Gasteiger partial charge in [0.2, 0.25) is 0 Å². The number of hydrogen-bond donors (Lipinski definition) is 2. The van der Waals surface area contributed by atoms with Crippen LogP contribution in [0, 0.1) is 46.3 Å². The molecule has 0 saturated heterocycles. The molecule has 0 aromatic heterocycles. The maximum absolute atomic E-state index is 12.0. The minimum absolute atomic E-state index is 0.0691. The number of hydrogen-bond acceptors (Lipinski definition) is 3. The molecule has 0 aromatic rings. The van der Waals surface area contributed by atoms with Gasteiger partial charge in [-0.1, -0.05) is 32.9 Å². The Hall–Kier alpha value is -1.91. The van der Waals surface area contributed by atoms with Crippen molar-refractivity contribution in [1.29, 1.82) is 0 Å². The molecule has 0 aromatic carbocycles. The summed E-state index contributed by atoms with van der Waals surface area (Å²) in [6.45, 7) is 6.76. The molecular weight excluding hydrogens is 380 g/mol. The Labute approximate surface area is 178 Å². The Bertz CT molecular complexity index is 811. The summed E-state index contributed by atoms with van der Waals surface area (Å²) in [5, 5.41) is 18.6. The van der Waals surface area contributed by atoms with E-state index in [4.69, 9.17) is 0 Å². The standard InChI is InChI=1S/C25H34O5/c1-14(12-18(22(27)28)23(29)30)19-6-7-20-17-5-4-15-13-16(26)8-10-24(15,2)21(17)9-11-25(19,20)3/h4-5,13-14,17-21H,6-12H2,1-3H3,(H,27,28)(H,29,30)/t14-,17+,19-,20+,21+,24+,25-/m1/s1. The van der Waals surface area contributed by atoms with Crippen molar-refractivity contribution in [3.05, 3.63) is 23.8 Å². The second-order valence-corrected chi connectivity index (χ2v) is 10.8. The van der Waals surface area contributed by atoms with E-state index >= 15 is 0 Å². The van der Waals surface area contributed by atoms with Crippen LogP contribution in [0.4, 0.5) is 0 Å². The summed E-state index contributed by atoms with van der Waals surface area (Å²) in [5.41, 5.74) is 1.40. The average molecular weight is 415 g/mol. The number of carboxylic acid groups (broad SMARTS) is 2. The topological polar surface area (TPSA) is 91.7 Å². The van der Waals surface area contributed by atoms with Crippen LogP contribution in [0.3, 0.4) is 0 Å². The monoisotopic (exact) mass is 414 g/mol. The van der Waals surface area contributed by atoms with E-state index in [9.17, 15) is 24.6 Å². The molecule has 164 valence electrons. The first-order valence-electron chi connectivity index (χ1n) is 11.5. The van der Waals surface area contributed by atoms with Crippen molar-refractivity contribution < 1.29 is 24.6 Å². The van der Waals surface area contributed by atoms with E-state index in [1.165, 1.54) is 5.57 Å². The lowest BCUT2D eigenvalue weighted by atomic mass is 9.48. The van der Waals surface area contributed by atoms with Crippen molar-refractivity contribution in [2.75, 3.05) is 0 Å². The van der Waals surface area contributed by atoms with E-state index in [-0.39, 0.29) is 29.0 Å². The molecule has 5 nitrogen and oxygen atoms in total. The van der Waals surface area contributed by atoms with Crippen LogP contribution < -0.4 is 0 Å². The molecule has 0 heterocycles. The zero-order chi connectivity index (χ0) is 21.8. The largest absolute Gasteiger partial charge is 0.481 e. The molecule has 0 amide bonds. The molecular formula is C25H34O5. The minimum Gasteiger partial charge on any atom is -0.481 e. The van der Waals surface area contributed by atoms with Gasteiger partial charge < -0.3 is 10.2 Å².